The highest BCUT2D eigenvalue weighted by atomic mass is 35.5. The molecule has 0 saturated heterocycles. The predicted octanol–water partition coefficient (Wildman–Crippen LogP) is 5.59. The molecular weight excluding hydrogens is 354 g/mol. The van der Waals surface area contributed by atoms with Crippen molar-refractivity contribution in [2.24, 2.45) is 0 Å². The van der Waals surface area contributed by atoms with Crippen LogP contribution in [0.2, 0.25) is 10.0 Å². The van der Waals surface area contributed by atoms with Crippen LogP contribution in [0, 0.1) is 5.82 Å². The van der Waals surface area contributed by atoms with Crippen LogP contribution in [-0.2, 0) is 17.8 Å². The molecule has 0 aromatic heterocycles. The first-order valence-corrected chi connectivity index (χ1v) is 8.30. The van der Waals surface area contributed by atoms with Gasteiger partial charge in [-0.3, -0.25) is 4.79 Å². The minimum absolute atomic E-state index is 0.0184. The summed E-state index contributed by atoms with van der Waals surface area (Å²) in [5.41, 5.74) is 1.17. The Morgan fingerprint density at radius 1 is 1.12 bits per heavy atom. The van der Waals surface area contributed by atoms with E-state index in [1.54, 1.807) is 25.1 Å². The molecular formula is C18H17Cl2FO3. The Morgan fingerprint density at radius 2 is 1.88 bits per heavy atom. The van der Waals surface area contributed by atoms with Crippen molar-refractivity contribution < 1.29 is 18.7 Å². The topological polar surface area (TPSA) is 35.5 Å². The van der Waals surface area contributed by atoms with Gasteiger partial charge in [-0.1, -0.05) is 43.1 Å². The maximum Gasteiger partial charge on any atom is 0.310 e. The van der Waals surface area contributed by atoms with Gasteiger partial charge in [-0.25, -0.2) is 4.39 Å². The molecule has 0 aliphatic rings. The Kier molecular flexibility index (Phi) is 6.46. The van der Waals surface area contributed by atoms with E-state index in [0.29, 0.717) is 33.3 Å². The van der Waals surface area contributed by atoms with E-state index in [-0.39, 0.29) is 24.7 Å². The number of hydrogen-bond acceptors (Lipinski definition) is 3. The zero-order valence-corrected chi connectivity index (χ0v) is 14.9. The largest absolute Gasteiger partial charge is 0.486 e. The zero-order chi connectivity index (χ0) is 17.7. The quantitative estimate of drug-likeness (QED) is 0.491. The third-order valence-electron chi connectivity index (χ3n) is 3.44. The van der Waals surface area contributed by atoms with Crippen molar-refractivity contribution in [2.45, 2.75) is 33.3 Å². The van der Waals surface area contributed by atoms with Gasteiger partial charge in [-0.2, -0.15) is 0 Å². The number of halogens is 3. The van der Waals surface area contributed by atoms with Crippen LogP contribution in [0.3, 0.4) is 0 Å². The number of carbonyl (C=O) groups is 1. The van der Waals surface area contributed by atoms with Crippen LogP contribution in [0.15, 0.2) is 30.3 Å². The number of benzene rings is 2. The second-order valence-electron chi connectivity index (χ2n) is 5.06. The monoisotopic (exact) mass is 370 g/mol. The molecule has 24 heavy (non-hydrogen) atoms. The first-order valence-electron chi connectivity index (χ1n) is 7.55. The Morgan fingerprint density at radius 3 is 2.54 bits per heavy atom. The van der Waals surface area contributed by atoms with Crippen LogP contribution in [0.4, 0.5) is 4.39 Å². The van der Waals surface area contributed by atoms with E-state index in [0.717, 1.165) is 0 Å². The smallest absolute Gasteiger partial charge is 0.310 e. The summed E-state index contributed by atoms with van der Waals surface area (Å²) in [7, 11) is 0. The van der Waals surface area contributed by atoms with Gasteiger partial charge in [0.25, 0.3) is 0 Å². The van der Waals surface area contributed by atoms with Crippen LogP contribution in [-0.4, -0.2) is 5.97 Å². The summed E-state index contributed by atoms with van der Waals surface area (Å²) in [6.45, 7) is 3.53. The molecule has 0 radical (unpaired) electrons. The summed E-state index contributed by atoms with van der Waals surface area (Å²) in [5.74, 6) is -0.577. The molecule has 0 N–H and O–H groups in total. The van der Waals surface area contributed by atoms with Gasteiger partial charge in [0.15, 0.2) is 11.6 Å². The van der Waals surface area contributed by atoms with Crippen LogP contribution in [0.5, 0.6) is 11.5 Å². The van der Waals surface area contributed by atoms with Gasteiger partial charge < -0.3 is 9.47 Å². The minimum Gasteiger partial charge on any atom is -0.486 e. The van der Waals surface area contributed by atoms with Gasteiger partial charge >= 0.3 is 5.97 Å². The molecule has 0 saturated carbocycles. The lowest BCUT2D eigenvalue weighted by Crippen LogP contribution is -2.09. The van der Waals surface area contributed by atoms with Gasteiger partial charge in [0.2, 0.25) is 0 Å². The third kappa shape index (κ3) is 4.40. The molecule has 0 heterocycles. The van der Waals surface area contributed by atoms with Crippen molar-refractivity contribution in [3.8, 4) is 11.5 Å². The number of aryl methyl sites for hydroxylation is 1. The van der Waals surface area contributed by atoms with Crippen molar-refractivity contribution in [2.75, 3.05) is 0 Å². The van der Waals surface area contributed by atoms with Gasteiger partial charge in [0, 0.05) is 17.5 Å². The first-order chi connectivity index (χ1) is 11.5. The summed E-state index contributed by atoms with van der Waals surface area (Å²) in [5, 5.41) is 0.804. The Hall–Kier alpha value is -1.78. The van der Waals surface area contributed by atoms with Crippen LogP contribution in [0.25, 0.3) is 0 Å². The number of rotatable bonds is 6. The maximum absolute atomic E-state index is 14.1. The van der Waals surface area contributed by atoms with Gasteiger partial charge in [-0.05, 0) is 30.2 Å². The summed E-state index contributed by atoms with van der Waals surface area (Å²) in [4.78, 5) is 11.5. The normalized spacial score (nSPS) is 10.5. The second kappa shape index (κ2) is 8.36. The molecule has 2 aromatic rings. The summed E-state index contributed by atoms with van der Waals surface area (Å²) in [6, 6.07) is 7.71. The standard InChI is InChI=1S/C18H17Cl2FO3/c1-3-11-8-15(21)17(9-14(11)20)23-10-12-13(19)6-5-7-16(12)24-18(22)4-2/h5-9H,3-4,10H2,1-2H3. The van der Waals surface area contributed by atoms with E-state index in [9.17, 15) is 9.18 Å². The van der Waals surface area contributed by atoms with E-state index in [2.05, 4.69) is 0 Å². The highest BCUT2D eigenvalue weighted by Gasteiger charge is 2.14. The average molecular weight is 371 g/mol. The molecule has 2 aromatic carbocycles. The van der Waals surface area contributed by atoms with Gasteiger partial charge in [0.1, 0.15) is 12.4 Å². The molecule has 0 atom stereocenters. The number of ether oxygens (including phenoxy) is 2. The molecule has 0 bridgehead atoms. The van der Waals surface area contributed by atoms with Crippen LogP contribution >= 0.6 is 23.2 Å². The Bertz CT molecular complexity index is 747. The number of carbonyl (C=O) groups excluding carboxylic acids is 1. The molecule has 128 valence electrons. The van der Waals surface area contributed by atoms with E-state index in [1.165, 1.54) is 12.1 Å². The van der Waals surface area contributed by atoms with Crippen molar-refractivity contribution >= 4 is 29.2 Å². The van der Waals surface area contributed by atoms with Crippen molar-refractivity contribution in [1.82, 2.24) is 0 Å². The van der Waals surface area contributed by atoms with Crippen molar-refractivity contribution in [1.29, 1.82) is 0 Å². The van der Waals surface area contributed by atoms with Crippen LogP contribution < -0.4 is 9.47 Å². The fourth-order valence-corrected chi connectivity index (χ4v) is 2.58. The molecule has 3 nitrogen and oxygen atoms in total. The van der Waals surface area contributed by atoms with Crippen molar-refractivity contribution in [3.63, 3.8) is 0 Å². The van der Waals surface area contributed by atoms with Gasteiger partial charge in [0.05, 0.1) is 10.6 Å². The SMILES string of the molecule is CCC(=O)Oc1cccc(Cl)c1COc1cc(Cl)c(CC)cc1F. The zero-order valence-electron chi connectivity index (χ0n) is 13.4. The predicted molar refractivity (Wildman–Crippen MR) is 92.5 cm³/mol. The van der Waals surface area contributed by atoms with E-state index in [4.69, 9.17) is 32.7 Å². The third-order valence-corrected chi connectivity index (χ3v) is 4.15. The Labute approximate surface area is 150 Å². The molecule has 0 aliphatic heterocycles. The fraction of sp³-hybridized carbons (Fsp3) is 0.278. The molecule has 0 spiro atoms. The van der Waals surface area contributed by atoms with E-state index >= 15 is 0 Å². The average Bonchev–Trinajstić information content (AvgIpc) is 2.56. The van der Waals surface area contributed by atoms with Crippen LogP contribution in [0.1, 0.15) is 31.4 Å². The highest BCUT2D eigenvalue weighted by Crippen LogP contribution is 2.31. The summed E-state index contributed by atoms with van der Waals surface area (Å²) in [6.07, 6.45) is 0.854. The van der Waals surface area contributed by atoms with Gasteiger partial charge in [-0.15, -0.1) is 0 Å². The highest BCUT2D eigenvalue weighted by molar-refractivity contribution is 6.31. The summed E-state index contributed by atoms with van der Waals surface area (Å²) >= 11 is 12.2. The van der Waals surface area contributed by atoms with E-state index < -0.39 is 5.82 Å². The lowest BCUT2D eigenvalue weighted by atomic mass is 10.1. The maximum atomic E-state index is 14.1. The molecule has 0 aliphatic carbocycles. The Balaban J connectivity index is 2.23. The molecule has 0 fully saturated rings. The summed E-state index contributed by atoms with van der Waals surface area (Å²) < 4.78 is 24.8. The lowest BCUT2D eigenvalue weighted by Gasteiger charge is -2.14. The fourth-order valence-electron chi connectivity index (χ4n) is 2.07. The first kappa shape index (κ1) is 18.6. The number of hydrogen-bond donors (Lipinski definition) is 0. The minimum atomic E-state index is -0.504. The molecule has 6 heteroatoms. The van der Waals surface area contributed by atoms with Crippen molar-refractivity contribution in [3.05, 3.63) is 57.3 Å². The number of esters is 1. The second-order valence-corrected chi connectivity index (χ2v) is 5.87. The van der Waals surface area contributed by atoms with E-state index in [1.807, 2.05) is 6.92 Å². The molecule has 0 amide bonds. The molecule has 2 rings (SSSR count). The lowest BCUT2D eigenvalue weighted by molar-refractivity contribution is -0.134. The molecule has 0 unspecified atom stereocenters.